The third-order valence-electron chi connectivity index (χ3n) is 6.27. The quantitative estimate of drug-likeness (QED) is 0.274. The van der Waals surface area contributed by atoms with Crippen LogP contribution in [0.15, 0.2) is 97.1 Å². The summed E-state index contributed by atoms with van der Waals surface area (Å²) in [5.41, 5.74) is 7.25. The molecule has 0 heterocycles. The Labute approximate surface area is 196 Å². The summed E-state index contributed by atoms with van der Waals surface area (Å²) in [5.74, 6) is 1.79. The molecule has 0 aromatic heterocycles. The third-order valence-corrected chi connectivity index (χ3v) is 6.27. The molecule has 0 bridgehead atoms. The molecule has 0 saturated carbocycles. The van der Waals surface area contributed by atoms with E-state index in [0.717, 1.165) is 11.5 Å². The molecular weight excluding hydrogens is 404 g/mol. The van der Waals surface area contributed by atoms with Gasteiger partial charge in [0.15, 0.2) is 0 Å². The molecule has 2 nitrogen and oxygen atoms in total. The molecule has 0 amide bonds. The topological polar surface area (TPSA) is 18.5 Å². The van der Waals surface area contributed by atoms with Crippen LogP contribution in [-0.4, -0.2) is 12.2 Å². The number of hydrogen-bond acceptors (Lipinski definition) is 2. The highest BCUT2D eigenvalue weighted by Crippen LogP contribution is 2.56. The van der Waals surface area contributed by atoms with Gasteiger partial charge in [-0.25, -0.2) is 0 Å². The van der Waals surface area contributed by atoms with Crippen molar-refractivity contribution in [3.8, 4) is 22.6 Å². The van der Waals surface area contributed by atoms with E-state index in [4.69, 9.17) is 9.47 Å². The average molecular weight is 435 g/mol. The lowest BCUT2D eigenvalue weighted by molar-refractivity contribution is 0.242. The van der Waals surface area contributed by atoms with Crippen molar-refractivity contribution >= 4 is 0 Å². The molecule has 0 saturated heterocycles. The van der Waals surface area contributed by atoms with Gasteiger partial charge in [-0.3, -0.25) is 0 Å². The van der Waals surface area contributed by atoms with Crippen LogP contribution < -0.4 is 9.47 Å². The standard InChI is InChI=1S/C31H30O2/c1-21(2)32-25-17-13-23(14-18-25)31(24-15-19-26(20-16-24)33-22(3)4)29-11-7-5-9-27(29)28-10-6-8-12-30(28)31/h5-22H,1-4H3. The SMILES string of the molecule is CC(C)Oc1ccc(C2(c3ccc(OC(C)C)cc3)c3ccccc3-c3ccccc32)cc1. The minimum atomic E-state index is -0.403. The smallest absolute Gasteiger partial charge is 0.119 e. The van der Waals surface area contributed by atoms with Gasteiger partial charge in [0, 0.05) is 0 Å². The predicted molar refractivity (Wildman–Crippen MR) is 135 cm³/mol. The van der Waals surface area contributed by atoms with Crippen LogP contribution in [0.5, 0.6) is 11.5 Å². The second-order valence-corrected chi connectivity index (χ2v) is 9.22. The maximum atomic E-state index is 5.95. The van der Waals surface area contributed by atoms with E-state index < -0.39 is 5.41 Å². The van der Waals surface area contributed by atoms with E-state index in [0.29, 0.717) is 0 Å². The molecule has 4 aromatic carbocycles. The zero-order valence-corrected chi connectivity index (χ0v) is 19.7. The van der Waals surface area contributed by atoms with Crippen molar-refractivity contribution in [3.05, 3.63) is 119 Å². The lowest BCUT2D eigenvalue weighted by atomic mass is 9.68. The first-order valence-electron chi connectivity index (χ1n) is 11.7. The molecule has 1 aliphatic carbocycles. The highest BCUT2D eigenvalue weighted by atomic mass is 16.5. The Morgan fingerprint density at radius 2 is 0.848 bits per heavy atom. The number of benzene rings is 4. The first-order chi connectivity index (χ1) is 16.0. The van der Waals surface area contributed by atoms with Gasteiger partial charge in [-0.2, -0.15) is 0 Å². The molecule has 2 heteroatoms. The molecule has 1 aliphatic rings. The van der Waals surface area contributed by atoms with Crippen LogP contribution in [0.1, 0.15) is 49.9 Å². The van der Waals surface area contributed by atoms with Gasteiger partial charge >= 0.3 is 0 Å². The van der Waals surface area contributed by atoms with E-state index >= 15 is 0 Å². The summed E-state index contributed by atoms with van der Waals surface area (Å²) in [6.45, 7) is 8.22. The summed E-state index contributed by atoms with van der Waals surface area (Å²) in [6, 6.07) is 34.8. The molecule has 166 valence electrons. The second kappa shape index (κ2) is 8.44. The Morgan fingerprint density at radius 3 is 1.21 bits per heavy atom. The summed E-state index contributed by atoms with van der Waals surface area (Å²) in [7, 11) is 0. The summed E-state index contributed by atoms with van der Waals surface area (Å²) in [6.07, 6.45) is 0.289. The van der Waals surface area contributed by atoms with E-state index in [1.807, 2.05) is 0 Å². The largest absolute Gasteiger partial charge is 0.491 e. The molecule has 0 unspecified atom stereocenters. The van der Waals surface area contributed by atoms with Gasteiger partial charge in [0.2, 0.25) is 0 Å². The van der Waals surface area contributed by atoms with Gasteiger partial charge in [-0.15, -0.1) is 0 Å². The fraction of sp³-hybridized carbons (Fsp3) is 0.226. The second-order valence-electron chi connectivity index (χ2n) is 9.22. The minimum Gasteiger partial charge on any atom is -0.491 e. The van der Waals surface area contributed by atoms with Gasteiger partial charge in [0.1, 0.15) is 11.5 Å². The van der Waals surface area contributed by atoms with Gasteiger partial charge < -0.3 is 9.47 Å². The van der Waals surface area contributed by atoms with Gasteiger partial charge in [0.05, 0.1) is 17.6 Å². The molecule has 33 heavy (non-hydrogen) atoms. The molecule has 5 rings (SSSR count). The lowest BCUT2D eigenvalue weighted by Gasteiger charge is -2.34. The van der Waals surface area contributed by atoms with E-state index in [1.165, 1.54) is 33.4 Å². The monoisotopic (exact) mass is 434 g/mol. The Bertz CT molecular complexity index is 1150. The van der Waals surface area contributed by atoms with E-state index in [-0.39, 0.29) is 12.2 Å². The Balaban J connectivity index is 1.75. The lowest BCUT2D eigenvalue weighted by Crippen LogP contribution is -2.28. The summed E-state index contributed by atoms with van der Waals surface area (Å²) < 4.78 is 11.9. The fourth-order valence-electron chi connectivity index (χ4n) is 5.14. The molecule has 0 fully saturated rings. The fourth-order valence-corrected chi connectivity index (χ4v) is 5.14. The number of ether oxygens (including phenoxy) is 2. The van der Waals surface area contributed by atoms with Crippen molar-refractivity contribution in [2.45, 2.75) is 45.3 Å². The average Bonchev–Trinajstić information content (AvgIpc) is 3.11. The van der Waals surface area contributed by atoms with Crippen molar-refractivity contribution in [2.75, 3.05) is 0 Å². The van der Waals surface area contributed by atoms with Crippen LogP contribution in [0.2, 0.25) is 0 Å². The summed E-state index contributed by atoms with van der Waals surface area (Å²) in [5, 5.41) is 0. The van der Waals surface area contributed by atoms with Crippen LogP contribution in [0.4, 0.5) is 0 Å². The van der Waals surface area contributed by atoms with Crippen LogP contribution >= 0.6 is 0 Å². The molecular formula is C31H30O2. The minimum absolute atomic E-state index is 0.145. The van der Waals surface area contributed by atoms with Crippen molar-refractivity contribution in [2.24, 2.45) is 0 Å². The highest BCUT2D eigenvalue weighted by molar-refractivity contribution is 5.86. The van der Waals surface area contributed by atoms with Crippen molar-refractivity contribution in [3.63, 3.8) is 0 Å². The maximum Gasteiger partial charge on any atom is 0.119 e. The van der Waals surface area contributed by atoms with Crippen LogP contribution in [0.3, 0.4) is 0 Å². The van der Waals surface area contributed by atoms with Crippen molar-refractivity contribution < 1.29 is 9.47 Å². The van der Waals surface area contributed by atoms with Crippen LogP contribution in [-0.2, 0) is 5.41 Å². The molecule has 4 aromatic rings. The van der Waals surface area contributed by atoms with E-state index in [2.05, 4.69) is 125 Å². The van der Waals surface area contributed by atoms with Gasteiger partial charge in [-0.1, -0.05) is 72.8 Å². The number of fused-ring (bicyclic) bond motifs is 3. The summed E-state index contributed by atoms with van der Waals surface area (Å²) >= 11 is 0. The molecule has 0 aliphatic heterocycles. The van der Waals surface area contributed by atoms with E-state index in [1.54, 1.807) is 0 Å². The zero-order chi connectivity index (χ0) is 23.0. The zero-order valence-electron chi connectivity index (χ0n) is 19.7. The first kappa shape index (κ1) is 21.3. The number of rotatable bonds is 6. The Hall–Kier alpha value is -3.52. The highest BCUT2D eigenvalue weighted by Gasteiger charge is 2.45. The number of hydrogen-bond donors (Lipinski definition) is 0. The Kier molecular flexibility index (Phi) is 5.46. The van der Waals surface area contributed by atoms with Gasteiger partial charge in [0.25, 0.3) is 0 Å². The Morgan fingerprint density at radius 1 is 0.485 bits per heavy atom. The molecule has 0 atom stereocenters. The molecule has 0 spiro atoms. The molecule has 0 radical (unpaired) electrons. The normalized spacial score (nSPS) is 13.6. The van der Waals surface area contributed by atoms with Crippen LogP contribution in [0.25, 0.3) is 11.1 Å². The third kappa shape index (κ3) is 3.60. The van der Waals surface area contributed by atoms with Crippen molar-refractivity contribution in [1.29, 1.82) is 0 Å². The summed E-state index contributed by atoms with van der Waals surface area (Å²) in [4.78, 5) is 0. The van der Waals surface area contributed by atoms with Gasteiger partial charge in [-0.05, 0) is 85.3 Å². The van der Waals surface area contributed by atoms with Crippen LogP contribution in [0, 0.1) is 0 Å². The predicted octanol–water partition coefficient (Wildman–Crippen LogP) is 7.62. The van der Waals surface area contributed by atoms with Crippen molar-refractivity contribution in [1.82, 2.24) is 0 Å². The molecule has 0 N–H and O–H groups in total. The first-order valence-corrected chi connectivity index (χ1v) is 11.7. The maximum absolute atomic E-state index is 5.95. The van der Waals surface area contributed by atoms with E-state index in [9.17, 15) is 0 Å².